The van der Waals surface area contributed by atoms with Crippen LogP contribution < -0.4 is 0 Å². The number of carbonyl (C=O) groups is 2. The summed E-state index contributed by atoms with van der Waals surface area (Å²) in [6, 6.07) is 2.74. The molecular formula is C14H15F2NO2. The SMILES string of the molecule is CN(C(=O)c1cc(F)ccc1F)C1CCC(=O)CC1. The molecule has 102 valence electrons. The van der Waals surface area contributed by atoms with Crippen molar-refractivity contribution in [1.82, 2.24) is 4.90 Å². The van der Waals surface area contributed by atoms with Crippen molar-refractivity contribution in [2.75, 3.05) is 7.05 Å². The average Bonchev–Trinajstić information content (AvgIpc) is 2.41. The van der Waals surface area contributed by atoms with Gasteiger partial charge in [-0.1, -0.05) is 0 Å². The topological polar surface area (TPSA) is 37.4 Å². The van der Waals surface area contributed by atoms with E-state index in [1.165, 1.54) is 4.90 Å². The third-order valence-corrected chi connectivity index (χ3v) is 3.54. The minimum absolute atomic E-state index is 0.0899. The lowest BCUT2D eigenvalue weighted by atomic mass is 9.93. The Morgan fingerprint density at radius 2 is 1.89 bits per heavy atom. The summed E-state index contributed by atoms with van der Waals surface area (Å²) in [6.07, 6.45) is 2.04. The molecule has 1 fully saturated rings. The number of carbonyl (C=O) groups excluding carboxylic acids is 2. The van der Waals surface area contributed by atoms with Gasteiger partial charge in [0, 0.05) is 25.9 Å². The first kappa shape index (κ1) is 13.6. The van der Waals surface area contributed by atoms with Crippen LogP contribution in [0.1, 0.15) is 36.0 Å². The van der Waals surface area contributed by atoms with E-state index in [1.807, 2.05) is 0 Å². The molecule has 1 aliphatic carbocycles. The first-order valence-electron chi connectivity index (χ1n) is 6.23. The quantitative estimate of drug-likeness (QED) is 0.825. The van der Waals surface area contributed by atoms with Gasteiger partial charge in [-0.2, -0.15) is 0 Å². The summed E-state index contributed by atoms with van der Waals surface area (Å²) in [6.45, 7) is 0. The van der Waals surface area contributed by atoms with E-state index < -0.39 is 17.5 Å². The first-order valence-corrected chi connectivity index (χ1v) is 6.23. The molecule has 5 heteroatoms. The Morgan fingerprint density at radius 3 is 2.53 bits per heavy atom. The summed E-state index contributed by atoms with van der Waals surface area (Å²) in [5, 5.41) is 0. The highest BCUT2D eigenvalue weighted by Gasteiger charge is 2.27. The van der Waals surface area contributed by atoms with Gasteiger partial charge in [-0.25, -0.2) is 8.78 Å². The van der Waals surface area contributed by atoms with Gasteiger partial charge in [-0.05, 0) is 31.0 Å². The van der Waals surface area contributed by atoms with E-state index in [-0.39, 0.29) is 17.4 Å². The molecule has 1 aliphatic rings. The van der Waals surface area contributed by atoms with Gasteiger partial charge in [0.15, 0.2) is 0 Å². The molecule has 0 spiro atoms. The van der Waals surface area contributed by atoms with Crippen molar-refractivity contribution >= 4 is 11.7 Å². The molecular weight excluding hydrogens is 252 g/mol. The summed E-state index contributed by atoms with van der Waals surface area (Å²) in [5.74, 6) is -1.73. The molecule has 0 aliphatic heterocycles. The van der Waals surface area contributed by atoms with Gasteiger partial charge < -0.3 is 4.90 Å². The molecule has 0 radical (unpaired) electrons. The van der Waals surface area contributed by atoms with E-state index in [1.54, 1.807) is 7.05 Å². The van der Waals surface area contributed by atoms with E-state index in [0.717, 1.165) is 18.2 Å². The van der Waals surface area contributed by atoms with Gasteiger partial charge in [-0.3, -0.25) is 9.59 Å². The minimum atomic E-state index is -0.731. The highest BCUT2D eigenvalue weighted by atomic mass is 19.1. The van der Waals surface area contributed by atoms with E-state index in [2.05, 4.69) is 0 Å². The second kappa shape index (κ2) is 5.47. The van der Waals surface area contributed by atoms with Crippen LogP contribution in [0.4, 0.5) is 8.78 Å². The maximum atomic E-state index is 13.5. The molecule has 0 atom stereocenters. The van der Waals surface area contributed by atoms with Gasteiger partial charge in [0.2, 0.25) is 0 Å². The zero-order chi connectivity index (χ0) is 14.0. The number of rotatable bonds is 2. The summed E-state index contributed by atoms with van der Waals surface area (Å²) >= 11 is 0. The molecule has 0 aromatic heterocycles. The predicted octanol–water partition coefficient (Wildman–Crippen LogP) is 2.55. The highest BCUT2D eigenvalue weighted by molar-refractivity contribution is 5.94. The largest absolute Gasteiger partial charge is 0.339 e. The lowest BCUT2D eigenvalue weighted by molar-refractivity contribution is -0.121. The van der Waals surface area contributed by atoms with Crippen molar-refractivity contribution in [2.45, 2.75) is 31.7 Å². The van der Waals surface area contributed by atoms with Gasteiger partial charge in [0.25, 0.3) is 5.91 Å². The Kier molecular flexibility index (Phi) is 3.93. The first-order chi connectivity index (χ1) is 8.99. The Morgan fingerprint density at radius 1 is 1.26 bits per heavy atom. The van der Waals surface area contributed by atoms with Gasteiger partial charge in [0.1, 0.15) is 17.4 Å². The maximum absolute atomic E-state index is 13.5. The molecule has 0 bridgehead atoms. The Bertz CT molecular complexity index is 506. The van der Waals surface area contributed by atoms with E-state index in [9.17, 15) is 18.4 Å². The number of halogens is 2. The Hall–Kier alpha value is -1.78. The maximum Gasteiger partial charge on any atom is 0.256 e. The number of hydrogen-bond acceptors (Lipinski definition) is 2. The van der Waals surface area contributed by atoms with Crippen LogP contribution in [0, 0.1) is 11.6 Å². The van der Waals surface area contributed by atoms with Crippen molar-refractivity contribution in [1.29, 1.82) is 0 Å². The number of benzene rings is 1. The lowest BCUT2D eigenvalue weighted by Gasteiger charge is -2.30. The molecule has 1 aromatic rings. The summed E-state index contributed by atoms with van der Waals surface area (Å²) in [5.41, 5.74) is -0.264. The predicted molar refractivity (Wildman–Crippen MR) is 65.7 cm³/mol. The summed E-state index contributed by atoms with van der Waals surface area (Å²) in [4.78, 5) is 24.7. The molecule has 19 heavy (non-hydrogen) atoms. The van der Waals surface area contributed by atoms with Crippen LogP contribution in [0.2, 0.25) is 0 Å². The number of nitrogens with zero attached hydrogens (tertiary/aromatic N) is 1. The molecule has 3 nitrogen and oxygen atoms in total. The van der Waals surface area contributed by atoms with Crippen LogP contribution in [0.15, 0.2) is 18.2 Å². The van der Waals surface area contributed by atoms with Gasteiger partial charge in [0.05, 0.1) is 5.56 Å². The lowest BCUT2D eigenvalue weighted by Crippen LogP contribution is -2.40. The van der Waals surface area contributed by atoms with Crippen molar-refractivity contribution in [3.63, 3.8) is 0 Å². The molecule has 1 amide bonds. The zero-order valence-electron chi connectivity index (χ0n) is 10.7. The molecule has 2 rings (SSSR count). The molecule has 0 unspecified atom stereocenters. The van der Waals surface area contributed by atoms with Gasteiger partial charge >= 0.3 is 0 Å². The smallest absolute Gasteiger partial charge is 0.256 e. The average molecular weight is 267 g/mol. The molecule has 0 heterocycles. The monoisotopic (exact) mass is 267 g/mol. The highest BCUT2D eigenvalue weighted by Crippen LogP contribution is 2.22. The second-order valence-electron chi connectivity index (χ2n) is 4.81. The number of amides is 1. The van der Waals surface area contributed by atoms with Crippen LogP contribution in [-0.4, -0.2) is 29.7 Å². The van der Waals surface area contributed by atoms with E-state index in [4.69, 9.17) is 0 Å². The van der Waals surface area contributed by atoms with E-state index in [0.29, 0.717) is 25.7 Å². The number of ketones is 1. The van der Waals surface area contributed by atoms with Gasteiger partial charge in [-0.15, -0.1) is 0 Å². The van der Waals surface area contributed by atoms with Crippen molar-refractivity contribution in [3.8, 4) is 0 Å². The van der Waals surface area contributed by atoms with Crippen LogP contribution in [0.25, 0.3) is 0 Å². The number of Topliss-reactive ketones (excluding diaryl/α,β-unsaturated/α-hetero) is 1. The van der Waals surface area contributed by atoms with E-state index >= 15 is 0 Å². The number of hydrogen-bond donors (Lipinski definition) is 0. The van der Waals surface area contributed by atoms with Crippen molar-refractivity contribution in [2.24, 2.45) is 0 Å². The zero-order valence-corrected chi connectivity index (χ0v) is 10.7. The normalized spacial score (nSPS) is 16.5. The Labute approximate surface area is 110 Å². The molecule has 0 N–H and O–H groups in total. The summed E-state index contributed by atoms with van der Waals surface area (Å²) < 4.78 is 26.6. The van der Waals surface area contributed by atoms with Crippen molar-refractivity contribution in [3.05, 3.63) is 35.4 Å². The Balaban J connectivity index is 2.14. The van der Waals surface area contributed by atoms with Crippen LogP contribution in [-0.2, 0) is 4.79 Å². The molecule has 0 saturated heterocycles. The minimum Gasteiger partial charge on any atom is -0.339 e. The fourth-order valence-electron chi connectivity index (χ4n) is 2.33. The van der Waals surface area contributed by atoms with Crippen LogP contribution >= 0.6 is 0 Å². The van der Waals surface area contributed by atoms with Crippen LogP contribution in [0.5, 0.6) is 0 Å². The summed E-state index contributed by atoms with van der Waals surface area (Å²) in [7, 11) is 1.56. The third kappa shape index (κ3) is 2.97. The van der Waals surface area contributed by atoms with Crippen molar-refractivity contribution < 1.29 is 18.4 Å². The van der Waals surface area contributed by atoms with Crippen LogP contribution in [0.3, 0.4) is 0 Å². The molecule has 1 saturated carbocycles. The second-order valence-corrected chi connectivity index (χ2v) is 4.81. The molecule has 1 aromatic carbocycles. The fourth-order valence-corrected chi connectivity index (χ4v) is 2.33. The fraction of sp³-hybridized carbons (Fsp3) is 0.429. The third-order valence-electron chi connectivity index (χ3n) is 3.54. The standard InChI is InChI=1S/C14H15F2NO2/c1-17(10-3-5-11(18)6-4-10)14(19)12-8-9(15)2-7-13(12)16/h2,7-8,10H,3-6H2,1H3.